The lowest BCUT2D eigenvalue weighted by Gasteiger charge is -2.31. The Balaban J connectivity index is 1.70. The highest BCUT2D eigenvalue weighted by Crippen LogP contribution is 2.13. The zero-order valence-corrected chi connectivity index (χ0v) is 15.1. The topological polar surface area (TPSA) is 97.0 Å². The quantitative estimate of drug-likeness (QED) is 0.661. The van der Waals surface area contributed by atoms with Crippen LogP contribution >= 0.6 is 0 Å². The van der Waals surface area contributed by atoms with Gasteiger partial charge in [-0.1, -0.05) is 30.3 Å². The number of rotatable bonds is 8. The summed E-state index contributed by atoms with van der Waals surface area (Å²) in [5, 5.41) is 2.79. The third kappa shape index (κ3) is 6.62. The van der Waals surface area contributed by atoms with Gasteiger partial charge in [0.15, 0.2) is 0 Å². The van der Waals surface area contributed by atoms with Gasteiger partial charge >= 0.3 is 6.09 Å². The zero-order valence-electron chi connectivity index (χ0n) is 14.3. The van der Waals surface area contributed by atoms with Crippen LogP contribution in [0.4, 0.5) is 4.79 Å². The van der Waals surface area contributed by atoms with Gasteiger partial charge in [-0.3, -0.25) is 0 Å². The maximum absolute atomic E-state index is 12.1. The largest absolute Gasteiger partial charge is 0.445 e. The summed E-state index contributed by atoms with van der Waals surface area (Å²) in [7, 11) is -1.98. The number of amides is 1. The Bertz CT molecular complexity index is 630. The molecule has 0 unspecified atom stereocenters. The fraction of sp³-hybridized carbons (Fsp3) is 0.562. The molecular formula is C16H25N3O5S. The van der Waals surface area contributed by atoms with Crippen LogP contribution in [0.15, 0.2) is 30.3 Å². The van der Waals surface area contributed by atoms with Crippen molar-refractivity contribution in [3.8, 4) is 0 Å². The maximum atomic E-state index is 12.1. The van der Waals surface area contributed by atoms with Crippen LogP contribution < -0.4 is 10.0 Å². The number of nitrogens with one attached hydrogen (secondary N) is 2. The van der Waals surface area contributed by atoms with Crippen LogP contribution in [0.2, 0.25) is 0 Å². The van der Waals surface area contributed by atoms with Gasteiger partial charge in [0.25, 0.3) is 10.2 Å². The number of hydrogen-bond donors (Lipinski definition) is 2. The number of methoxy groups -OCH3 is 1. The van der Waals surface area contributed by atoms with Gasteiger partial charge in [0, 0.05) is 32.8 Å². The Labute approximate surface area is 148 Å². The molecule has 0 spiro atoms. The number of carbonyl (C=O) groups excluding carboxylic acids is 1. The minimum atomic E-state index is -3.49. The van der Waals surface area contributed by atoms with Crippen LogP contribution in [-0.4, -0.2) is 58.2 Å². The Morgan fingerprint density at radius 2 is 1.92 bits per heavy atom. The van der Waals surface area contributed by atoms with E-state index in [9.17, 15) is 13.2 Å². The summed E-state index contributed by atoms with van der Waals surface area (Å²) in [4.78, 5) is 11.8. The van der Waals surface area contributed by atoms with Crippen molar-refractivity contribution in [3.05, 3.63) is 35.9 Å². The maximum Gasteiger partial charge on any atom is 0.407 e. The molecule has 1 aromatic rings. The van der Waals surface area contributed by atoms with E-state index in [0.717, 1.165) is 5.56 Å². The molecule has 1 aromatic carbocycles. The second-order valence-corrected chi connectivity index (χ2v) is 7.53. The monoisotopic (exact) mass is 371 g/mol. The number of hydrogen-bond acceptors (Lipinski definition) is 5. The summed E-state index contributed by atoms with van der Waals surface area (Å²) < 4.78 is 38.1. The normalized spacial score (nSPS) is 16.5. The van der Waals surface area contributed by atoms with E-state index in [1.165, 1.54) is 11.4 Å². The number of ether oxygens (including phenoxy) is 2. The van der Waals surface area contributed by atoms with Gasteiger partial charge in [0.1, 0.15) is 6.61 Å². The summed E-state index contributed by atoms with van der Waals surface area (Å²) in [6, 6.07) is 9.34. The molecule has 0 aromatic heterocycles. The molecule has 0 atom stereocenters. The predicted molar refractivity (Wildman–Crippen MR) is 93.2 cm³/mol. The third-order valence-corrected chi connectivity index (χ3v) is 5.53. The van der Waals surface area contributed by atoms with Crippen LogP contribution in [0.5, 0.6) is 0 Å². The van der Waals surface area contributed by atoms with E-state index in [1.54, 1.807) is 0 Å². The van der Waals surface area contributed by atoms with E-state index in [-0.39, 0.29) is 19.2 Å². The summed E-state index contributed by atoms with van der Waals surface area (Å²) in [5.41, 5.74) is 0.917. The fourth-order valence-corrected chi connectivity index (χ4v) is 3.75. The van der Waals surface area contributed by atoms with E-state index in [0.29, 0.717) is 32.5 Å². The second-order valence-electron chi connectivity index (χ2n) is 5.77. The lowest BCUT2D eigenvalue weighted by atomic mass is 10.1. The Morgan fingerprint density at radius 3 is 2.56 bits per heavy atom. The molecule has 1 aliphatic rings. The van der Waals surface area contributed by atoms with Gasteiger partial charge in [-0.2, -0.15) is 17.4 Å². The second kappa shape index (κ2) is 9.71. The summed E-state index contributed by atoms with van der Waals surface area (Å²) in [6.45, 7) is 1.48. The Kier molecular flexibility index (Phi) is 7.63. The number of nitrogens with zero attached hydrogens (tertiary/aromatic N) is 1. The van der Waals surface area contributed by atoms with Gasteiger partial charge in [-0.15, -0.1) is 0 Å². The molecule has 2 N–H and O–H groups in total. The van der Waals surface area contributed by atoms with Crippen molar-refractivity contribution in [1.29, 1.82) is 0 Å². The number of benzene rings is 1. The van der Waals surface area contributed by atoms with Gasteiger partial charge in [0.2, 0.25) is 0 Å². The zero-order chi connectivity index (χ0) is 18.1. The van der Waals surface area contributed by atoms with Crippen molar-refractivity contribution < 1.29 is 22.7 Å². The lowest BCUT2D eigenvalue weighted by molar-refractivity contribution is 0.131. The average Bonchev–Trinajstić information content (AvgIpc) is 2.61. The summed E-state index contributed by atoms with van der Waals surface area (Å²) in [5.74, 6) is 0. The van der Waals surface area contributed by atoms with Crippen molar-refractivity contribution in [2.24, 2.45) is 0 Å². The van der Waals surface area contributed by atoms with Crippen LogP contribution in [0, 0.1) is 0 Å². The highest BCUT2D eigenvalue weighted by atomic mass is 32.2. The van der Waals surface area contributed by atoms with E-state index in [4.69, 9.17) is 9.47 Å². The molecule has 0 saturated carbocycles. The van der Waals surface area contributed by atoms with Gasteiger partial charge in [-0.05, 0) is 18.4 Å². The van der Waals surface area contributed by atoms with E-state index < -0.39 is 16.3 Å². The van der Waals surface area contributed by atoms with E-state index in [2.05, 4.69) is 10.0 Å². The first-order chi connectivity index (χ1) is 12.0. The first-order valence-corrected chi connectivity index (χ1v) is 9.66. The predicted octanol–water partition coefficient (Wildman–Crippen LogP) is 0.858. The summed E-state index contributed by atoms with van der Waals surface area (Å²) in [6.07, 6.45) is 0.612. The molecule has 140 valence electrons. The van der Waals surface area contributed by atoms with Crippen LogP contribution in [-0.2, 0) is 26.3 Å². The molecule has 0 aliphatic carbocycles. The lowest BCUT2D eigenvalue weighted by Crippen LogP contribution is -2.50. The van der Waals surface area contributed by atoms with Crippen molar-refractivity contribution >= 4 is 16.3 Å². The molecule has 1 aliphatic heterocycles. The van der Waals surface area contributed by atoms with Crippen LogP contribution in [0.25, 0.3) is 0 Å². The smallest absolute Gasteiger partial charge is 0.407 e. The van der Waals surface area contributed by atoms with E-state index in [1.807, 2.05) is 30.3 Å². The standard InChI is InChI=1S/C16H25N3O5S/c1-23-12-9-17-25(21,22)19-10-7-15(8-11-19)18-16(20)24-13-14-5-3-2-4-6-14/h2-6,15,17H,7-13H2,1H3,(H,18,20). The molecular weight excluding hydrogens is 346 g/mol. The van der Waals surface area contributed by atoms with Crippen molar-refractivity contribution in [2.45, 2.75) is 25.5 Å². The van der Waals surface area contributed by atoms with Gasteiger partial charge in [0.05, 0.1) is 6.61 Å². The first-order valence-electron chi connectivity index (χ1n) is 8.22. The highest BCUT2D eigenvalue weighted by molar-refractivity contribution is 7.87. The molecule has 1 amide bonds. The molecule has 1 heterocycles. The minimum Gasteiger partial charge on any atom is -0.445 e. The summed E-state index contributed by atoms with van der Waals surface area (Å²) >= 11 is 0. The molecule has 0 bridgehead atoms. The Morgan fingerprint density at radius 1 is 1.24 bits per heavy atom. The van der Waals surface area contributed by atoms with Crippen molar-refractivity contribution in [3.63, 3.8) is 0 Å². The molecule has 2 rings (SSSR count). The van der Waals surface area contributed by atoms with Gasteiger partial charge in [-0.25, -0.2) is 4.79 Å². The molecule has 8 nitrogen and oxygen atoms in total. The number of carbonyl (C=O) groups is 1. The van der Waals surface area contributed by atoms with Crippen molar-refractivity contribution in [1.82, 2.24) is 14.3 Å². The minimum absolute atomic E-state index is 0.0892. The number of piperidine rings is 1. The fourth-order valence-electron chi connectivity index (χ4n) is 2.54. The van der Waals surface area contributed by atoms with Crippen molar-refractivity contribution in [2.75, 3.05) is 33.4 Å². The molecule has 25 heavy (non-hydrogen) atoms. The van der Waals surface area contributed by atoms with E-state index >= 15 is 0 Å². The molecule has 0 radical (unpaired) electrons. The van der Waals surface area contributed by atoms with Crippen LogP contribution in [0.3, 0.4) is 0 Å². The number of alkyl carbamates (subject to hydrolysis) is 1. The average molecular weight is 371 g/mol. The first kappa shape index (κ1) is 19.6. The Hall–Kier alpha value is -1.68. The molecule has 1 saturated heterocycles. The highest BCUT2D eigenvalue weighted by Gasteiger charge is 2.28. The SMILES string of the molecule is COCCNS(=O)(=O)N1CCC(NC(=O)OCc2ccccc2)CC1. The molecule has 9 heteroatoms. The molecule has 1 fully saturated rings. The van der Waals surface area contributed by atoms with Crippen LogP contribution in [0.1, 0.15) is 18.4 Å². The third-order valence-electron chi connectivity index (χ3n) is 3.92. The van der Waals surface area contributed by atoms with Gasteiger partial charge < -0.3 is 14.8 Å².